The standard InChI is InChI=1S/C7H14O4/c1-7(10-8,11-9)6-4-2-3-5-6/h6,8-9H,2-5H2,1H3. The molecule has 2 N–H and O–H groups in total. The molecule has 0 heterocycles. The van der Waals surface area contributed by atoms with Crippen molar-refractivity contribution in [3.63, 3.8) is 0 Å². The Morgan fingerprint density at radius 2 is 1.64 bits per heavy atom. The summed E-state index contributed by atoms with van der Waals surface area (Å²) in [6.07, 6.45) is 4.06. The second kappa shape index (κ2) is 3.49. The number of rotatable bonds is 3. The Hall–Kier alpha value is -0.160. The number of hydrogen-bond donors (Lipinski definition) is 2. The Labute approximate surface area is 65.6 Å². The number of hydrogen-bond acceptors (Lipinski definition) is 4. The van der Waals surface area contributed by atoms with E-state index in [0.29, 0.717) is 0 Å². The van der Waals surface area contributed by atoms with Crippen LogP contribution in [-0.4, -0.2) is 16.3 Å². The van der Waals surface area contributed by atoms with E-state index >= 15 is 0 Å². The van der Waals surface area contributed by atoms with E-state index < -0.39 is 5.79 Å². The quantitative estimate of drug-likeness (QED) is 0.378. The zero-order valence-corrected chi connectivity index (χ0v) is 6.62. The van der Waals surface area contributed by atoms with Crippen molar-refractivity contribution in [3.8, 4) is 0 Å². The zero-order valence-electron chi connectivity index (χ0n) is 6.62. The molecule has 1 fully saturated rings. The van der Waals surface area contributed by atoms with Gasteiger partial charge in [-0.1, -0.05) is 12.8 Å². The predicted octanol–water partition coefficient (Wildman–Crippen LogP) is 1.87. The van der Waals surface area contributed by atoms with E-state index in [4.69, 9.17) is 10.5 Å². The summed E-state index contributed by atoms with van der Waals surface area (Å²) in [4.78, 5) is 8.20. The normalized spacial score (nSPS) is 21.0. The van der Waals surface area contributed by atoms with Crippen LogP contribution in [0.1, 0.15) is 32.6 Å². The molecule has 0 amide bonds. The molecule has 1 aliphatic carbocycles. The third kappa shape index (κ3) is 1.70. The summed E-state index contributed by atoms with van der Waals surface area (Å²) in [6, 6.07) is 0. The molecule has 0 spiro atoms. The van der Waals surface area contributed by atoms with Crippen molar-refractivity contribution in [1.82, 2.24) is 0 Å². The van der Waals surface area contributed by atoms with Crippen LogP contribution < -0.4 is 0 Å². The van der Waals surface area contributed by atoms with Gasteiger partial charge in [-0.25, -0.2) is 20.3 Å². The average molecular weight is 162 g/mol. The van der Waals surface area contributed by atoms with Gasteiger partial charge >= 0.3 is 0 Å². The molecule has 66 valence electrons. The highest BCUT2D eigenvalue weighted by atomic mass is 17.2. The topological polar surface area (TPSA) is 58.9 Å². The van der Waals surface area contributed by atoms with Crippen molar-refractivity contribution in [1.29, 1.82) is 0 Å². The zero-order chi connectivity index (χ0) is 8.32. The molecule has 4 nitrogen and oxygen atoms in total. The fourth-order valence-electron chi connectivity index (χ4n) is 1.62. The van der Waals surface area contributed by atoms with Crippen LogP contribution in [0, 0.1) is 5.92 Å². The lowest BCUT2D eigenvalue weighted by atomic mass is 9.99. The van der Waals surface area contributed by atoms with Crippen molar-refractivity contribution in [2.24, 2.45) is 5.92 Å². The average Bonchev–Trinajstić information content (AvgIpc) is 2.55. The first kappa shape index (κ1) is 8.93. The first-order chi connectivity index (χ1) is 5.23. The lowest BCUT2D eigenvalue weighted by Gasteiger charge is -2.27. The molecule has 0 bridgehead atoms. The smallest absolute Gasteiger partial charge is 0.233 e. The molecule has 4 heteroatoms. The third-order valence-electron chi connectivity index (χ3n) is 2.46. The molecule has 0 saturated heterocycles. The van der Waals surface area contributed by atoms with Gasteiger partial charge in [-0.15, -0.1) is 0 Å². The van der Waals surface area contributed by atoms with E-state index in [1.165, 1.54) is 6.92 Å². The second-order valence-electron chi connectivity index (χ2n) is 3.18. The minimum absolute atomic E-state index is 0.0949. The molecule has 0 aromatic carbocycles. The Morgan fingerprint density at radius 1 is 1.18 bits per heavy atom. The van der Waals surface area contributed by atoms with Crippen molar-refractivity contribution >= 4 is 0 Å². The van der Waals surface area contributed by atoms with Gasteiger partial charge in [-0.3, -0.25) is 0 Å². The summed E-state index contributed by atoms with van der Waals surface area (Å²) in [6.45, 7) is 1.53. The molecular weight excluding hydrogens is 148 g/mol. The molecule has 0 radical (unpaired) electrons. The summed E-state index contributed by atoms with van der Waals surface area (Å²) < 4.78 is 0. The highest BCUT2D eigenvalue weighted by Crippen LogP contribution is 2.35. The van der Waals surface area contributed by atoms with Crippen molar-refractivity contribution in [2.75, 3.05) is 0 Å². The Kier molecular flexibility index (Phi) is 2.84. The molecule has 0 unspecified atom stereocenters. The van der Waals surface area contributed by atoms with Gasteiger partial charge in [-0.2, -0.15) is 0 Å². The van der Waals surface area contributed by atoms with Gasteiger partial charge in [-0.05, 0) is 19.8 Å². The highest BCUT2D eigenvalue weighted by molar-refractivity contribution is 4.78. The van der Waals surface area contributed by atoms with Crippen molar-refractivity contribution < 1.29 is 20.3 Å². The lowest BCUT2D eigenvalue weighted by molar-refractivity contribution is -0.493. The van der Waals surface area contributed by atoms with Crippen LogP contribution in [-0.2, 0) is 9.78 Å². The molecule has 11 heavy (non-hydrogen) atoms. The summed E-state index contributed by atoms with van der Waals surface area (Å²) >= 11 is 0. The molecule has 1 aliphatic rings. The first-order valence-electron chi connectivity index (χ1n) is 3.88. The van der Waals surface area contributed by atoms with E-state index in [1.54, 1.807) is 0 Å². The van der Waals surface area contributed by atoms with Gasteiger partial charge in [0.15, 0.2) is 0 Å². The van der Waals surface area contributed by atoms with E-state index in [-0.39, 0.29) is 5.92 Å². The van der Waals surface area contributed by atoms with Gasteiger partial charge < -0.3 is 0 Å². The summed E-state index contributed by atoms with van der Waals surface area (Å²) in [5.74, 6) is -1.13. The van der Waals surface area contributed by atoms with Gasteiger partial charge in [0.2, 0.25) is 5.79 Å². The maximum absolute atomic E-state index is 8.46. The van der Waals surface area contributed by atoms with E-state index in [9.17, 15) is 0 Å². The fourth-order valence-corrected chi connectivity index (χ4v) is 1.62. The largest absolute Gasteiger partial charge is 0.249 e. The predicted molar refractivity (Wildman–Crippen MR) is 37.8 cm³/mol. The lowest BCUT2D eigenvalue weighted by Crippen LogP contribution is -2.37. The summed E-state index contributed by atoms with van der Waals surface area (Å²) in [5, 5.41) is 16.9. The van der Waals surface area contributed by atoms with Crippen LogP contribution >= 0.6 is 0 Å². The van der Waals surface area contributed by atoms with Gasteiger partial charge in [0.25, 0.3) is 0 Å². The first-order valence-corrected chi connectivity index (χ1v) is 3.88. The molecule has 1 saturated carbocycles. The van der Waals surface area contributed by atoms with Crippen LogP contribution in [0.5, 0.6) is 0 Å². The Balaban J connectivity index is 2.52. The molecule has 0 aliphatic heterocycles. The van der Waals surface area contributed by atoms with Gasteiger partial charge in [0.05, 0.1) is 0 Å². The minimum Gasteiger partial charge on any atom is -0.249 e. The highest BCUT2D eigenvalue weighted by Gasteiger charge is 2.39. The molecular formula is C7H14O4. The van der Waals surface area contributed by atoms with Crippen LogP contribution in [0.2, 0.25) is 0 Å². The Bertz CT molecular complexity index is 116. The van der Waals surface area contributed by atoms with Gasteiger partial charge in [0.1, 0.15) is 0 Å². The molecule has 0 aromatic rings. The maximum atomic E-state index is 8.46. The molecule has 0 atom stereocenters. The maximum Gasteiger partial charge on any atom is 0.233 e. The van der Waals surface area contributed by atoms with Gasteiger partial charge in [0, 0.05) is 5.92 Å². The second-order valence-corrected chi connectivity index (χ2v) is 3.18. The van der Waals surface area contributed by atoms with Crippen LogP contribution in [0.15, 0.2) is 0 Å². The molecule has 0 aromatic heterocycles. The van der Waals surface area contributed by atoms with E-state index in [2.05, 4.69) is 9.78 Å². The molecule has 1 rings (SSSR count). The fraction of sp³-hybridized carbons (Fsp3) is 1.00. The minimum atomic E-state index is -1.23. The summed E-state index contributed by atoms with van der Waals surface area (Å²) in [5.41, 5.74) is 0. The van der Waals surface area contributed by atoms with E-state index in [1.807, 2.05) is 0 Å². The van der Waals surface area contributed by atoms with E-state index in [0.717, 1.165) is 25.7 Å². The third-order valence-corrected chi connectivity index (χ3v) is 2.46. The monoisotopic (exact) mass is 162 g/mol. The van der Waals surface area contributed by atoms with Crippen LogP contribution in [0.25, 0.3) is 0 Å². The summed E-state index contributed by atoms with van der Waals surface area (Å²) in [7, 11) is 0. The van der Waals surface area contributed by atoms with Crippen LogP contribution in [0.4, 0.5) is 0 Å². The van der Waals surface area contributed by atoms with Crippen molar-refractivity contribution in [3.05, 3.63) is 0 Å². The van der Waals surface area contributed by atoms with Crippen molar-refractivity contribution in [2.45, 2.75) is 38.4 Å². The Morgan fingerprint density at radius 3 is 2.00 bits per heavy atom. The SMILES string of the molecule is CC(OO)(OO)C1CCCC1. The van der Waals surface area contributed by atoms with Crippen LogP contribution in [0.3, 0.4) is 0 Å².